The fraction of sp³-hybridized carbons (Fsp3) is 0.571. The molecule has 0 unspecified atom stereocenters. The lowest BCUT2D eigenvalue weighted by Crippen LogP contribution is -2.34. The summed E-state index contributed by atoms with van der Waals surface area (Å²) in [6.07, 6.45) is 2.39. The first-order valence-electron chi connectivity index (χ1n) is 6.08. The van der Waals surface area contributed by atoms with Crippen molar-refractivity contribution in [3.05, 3.63) is 29.8 Å². The van der Waals surface area contributed by atoms with Crippen LogP contribution in [0.15, 0.2) is 24.3 Å². The molecule has 0 atom stereocenters. The van der Waals surface area contributed by atoms with Crippen LogP contribution < -0.4 is 4.74 Å². The number of benzene rings is 1. The summed E-state index contributed by atoms with van der Waals surface area (Å²) in [5.41, 5.74) is 0.498. The molecular formula is C14H22O2. The summed E-state index contributed by atoms with van der Waals surface area (Å²) in [5.74, 6) is 0.894. The highest BCUT2D eigenvalue weighted by Crippen LogP contribution is 2.22. The Hall–Kier alpha value is -1.02. The average Bonchev–Trinajstić information content (AvgIpc) is 2.36. The molecule has 0 saturated heterocycles. The molecule has 0 aliphatic carbocycles. The van der Waals surface area contributed by atoms with Crippen molar-refractivity contribution in [1.29, 1.82) is 0 Å². The maximum absolute atomic E-state index is 10.1. The number of para-hydroxylation sites is 1. The van der Waals surface area contributed by atoms with E-state index >= 15 is 0 Å². The van der Waals surface area contributed by atoms with E-state index in [9.17, 15) is 5.11 Å². The lowest BCUT2D eigenvalue weighted by atomic mass is 9.99. The highest BCUT2D eigenvalue weighted by Gasteiger charge is 2.23. The minimum absolute atomic E-state index is 0.372. The standard InChI is InChI=1S/C14H22O2/c1-4-12-9-7-8-10-13(12)16-11-14(15,5-2)6-3/h7-10,15H,4-6,11H2,1-3H3. The third-order valence-electron chi connectivity index (χ3n) is 3.17. The van der Waals surface area contributed by atoms with Crippen molar-refractivity contribution in [2.75, 3.05) is 6.61 Å². The summed E-state index contributed by atoms with van der Waals surface area (Å²) in [5, 5.41) is 10.1. The molecule has 0 amide bonds. The molecule has 0 aliphatic heterocycles. The van der Waals surface area contributed by atoms with Gasteiger partial charge in [-0.25, -0.2) is 0 Å². The maximum Gasteiger partial charge on any atom is 0.122 e. The molecule has 2 nitrogen and oxygen atoms in total. The minimum Gasteiger partial charge on any atom is -0.490 e. The molecule has 2 heteroatoms. The van der Waals surface area contributed by atoms with Gasteiger partial charge in [-0.05, 0) is 30.9 Å². The van der Waals surface area contributed by atoms with Crippen molar-refractivity contribution >= 4 is 0 Å². The summed E-state index contributed by atoms with van der Waals surface area (Å²) in [6, 6.07) is 8.00. The molecule has 1 aromatic rings. The van der Waals surface area contributed by atoms with Crippen molar-refractivity contribution in [2.45, 2.75) is 45.6 Å². The van der Waals surface area contributed by atoms with Gasteiger partial charge < -0.3 is 9.84 Å². The summed E-state index contributed by atoms with van der Waals surface area (Å²) in [6.45, 7) is 6.45. The highest BCUT2D eigenvalue weighted by molar-refractivity contribution is 5.33. The van der Waals surface area contributed by atoms with Crippen molar-refractivity contribution in [1.82, 2.24) is 0 Å². The Morgan fingerprint density at radius 1 is 1.12 bits per heavy atom. The molecule has 0 bridgehead atoms. The topological polar surface area (TPSA) is 29.5 Å². The zero-order valence-corrected chi connectivity index (χ0v) is 10.5. The van der Waals surface area contributed by atoms with Crippen LogP contribution in [0.5, 0.6) is 5.75 Å². The van der Waals surface area contributed by atoms with Crippen LogP contribution >= 0.6 is 0 Å². The highest BCUT2D eigenvalue weighted by atomic mass is 16.5. The van der Waals surface area contributed by atoms with E-state index in [1.54, 1.807) is 0 Å². The molecule has 0 spiro atoms. The van der Waals surface area contributed by atoms with Crippen LogP contribution in [0.2, 0.25) is 0 Å². The Balaban J connectivity index is 2.67. The van der Waals surface area contributed by atoms with Crippen molar-refractivity contribution in [3.63, 3.8) is 0 Å². The van der Waals surface area contributed by atoms with Crippen LogP contribution in [0, 0.1) is 0 Å². The number of hydrogen-bond acceptors (Lipinski definition) is 2. The third-order valence-corrected chi connectivity index (χ3v) is 3.17. The SMILES string of the molecule is CCc1ccccc1OCC(O)(CC)CC. The van der Waals surface area contributed by atoms with Gasteiger partial charge >= 0.3 is 0 Å². The van der Waals surface area contributed by atoms with Crippen molar-refractivity contribution in [3.8, 4) is 5.75 Å². The number of aliphatic hydroxyl groups is 1. The minimum atomic E-state index is -0.694. The van der Waals surface area contributed by atoms with Crippen molar-refractivity contribution in [2.24, 2.45) is 0 Å². The van der Waals surface area contributed by atoms with Gasteiger partial charge in [0.15, 0.2) is 0 Å². The van der Waals surface area contributed by atoms with Gasteiger partial charge in [-0.3, -0.25) is 0 Å². The van der Waals surface area contributed by atoms with E-state index < -0.39 is 5.60 Å². The predicted octanol–water partition coefficient (Wildman–Crippen LogP) is 3.18. The lowest BCUT2D eigenvalue weighted by molar-refractivity contribution is -0.0115. The molecule has 90 valence electrons. The first kappa shape index (κ1) is 13.0. The smallest absolute Gasteiger partial charge is 0.122 e. The molecule has 16 heavy (non-hydrogen) atoms. The summed E-state index contributed by atoms with van der Waals surface area (Å²) < 4.78 is 5.72. The normalized spacial score (nSPS) is 11.5. The van der Waals surface area contributed by atoms with E-state index in [1.165, 1.54) is 5.56 Å². The Labute approximate surface area is 98.3 Å². The van der Waals surface area contributed by atoms with E-state index in [0.29, 0.717) is 6.61 Å². The van der Waals surface area contributed by atoms with Gasteiger partial charge in [0.1, 0.15) is 12.4 Å². The van der Waals surface area contributed by atoms with Crippen LogP contribution in [0.4, 0.5) is 0 Å². The summed E-state index contributed by atoms with van der Waals surface area (Å²) >= 11 is 0. The maximum atomic E-state index is 10.1. The van der Waals surface area contributed by atoms with Crippen LogP contribution in [-0.2, 0) is 6.42 Å². The summed E-state index contributed by atoms with van der Waals surface area (Å²) in [4.78, 5) is 0. The first-order chi connectivity index (χ1) is 7.65. The Bertz CT molecular complexity index is 316. The molecule has 0 heterocycles. The monoisotopic (exact) mass is 222 g/mol. The van der Waals surface area contributed by atoms with Crippen LogP contribution in [0.1, 0.15) is 39.2 Å². The zero-order valence-electron chi connectivity index (χ0n) is 10.5. The Morgan fingerprint density at radius 3 is 2.31 bits per heavy atom. The second-order valence-corrected chi connectivity index (χ2v) is 4.18. The Morgan fingerprint density at radius 2 is 1.75 bits per heavy atom. The third kappa shape index (κ3) is 3.24. The van der Waals surface area contributed by atoms with Gasteiger partial charge in [0.2, 0.25) is 0 Å². The number of rotatable bonds is 6. The molecule has 1 N–H and O–H groups in total. The molecule has 0 radical (unpaired) electrons. The zero-order chi connectivity index (χ0) is 12.0. The number of aryl methyl sites for hydroxylation is 1. The predicted molar refractivity (Wildman–Crippen MR) is 66.8 cm³/mol. The van der Waals surface area contributed by atoms with E-state index in [4.69, 9.17) is 4.74 Å². The number of ether oxygens (including phenoxy) is 1. The average molecular weight is 222 g/mol. The van der Waals surface area contributed by atoms with Gasteiger partial charge in [-0.2, -0.15) is 0 Å². The summed E-state index contributed by atoms with van der Waals surface area (Å²) in [7, 11) is 0. The van der Waals surface area contributed by atoms with Crippen molar-refractivity contribution < 1.29 is 9.84 Å². The lowest BCUT2D eigenvalue weighted by Gasteiger charge is -2.25. The van der Waals surface area contributed by atoms with Crippen LogP contribution in [-0.4, -0.2) is 17.3 Å². The molecule has 0 aromatic heterocycles. The molecule has 0 saturated carbocycles. The molecular weight excluding hydrogens is 200 g/mol. The quantitative estimate of drug-likeness (QED) is 0.801. The first-order valence-corrected chi connectivity index (χ1v) is 6.08. The number of hydrogen-bond donors (Lipinski definition) is 1. The fourth-order valence-electron chi connectivity index (χ4n) is 1.60. The largest absolute Gasteiger partial charge is 0.490 e. The fourth-order valence-corrected chi connectivity index (χ4v) is 1.60. The van der Waals surface area contributed by atoms with Crippen LogP contribution in [0.25, 0.3) is 0 Å². The molecule has 1 aromatic carbocycles. The second kappa shape index (κ2) is 5.90. The van der Waals surface area contributed by atoms with Gasteiger partial charge in [-0.15, -0.1) is 0 Å². The van der Waals surface area contributed by atoms with Gasteiger partial charge in [0.05, 0.1) is 5.60 Å². The van der Waals surface area contributed by atoms with E-state index in [1.807, 2.05) is 32.0 Å². The molecule has 0 aliphatic rings. The van der Waals surface area contributed by atoms with Gasteiger partial charge in [0, 0.05) is 0 Å². The van der Waals surface area contributed by atoms with Gasteiger partial charge in [-0.1, -0.05) is 39.0 Å². The second-order valence-electron chi connectivity index (χ2n) is 4.18. The van der Waals surface area contributed by atoms with Gasteiger partial charge in [0.25, 0.3) is 0 Å². The van der Waals surface area contributed by atoms with E-state index in [0.717, 1.165) is 25.0 Å². The molecule has 1 rings (SSSR count). The van der Waals surface area contributed by atoms with E-state index in [-0.39, 0.29) is 0 Å². The van der Waals surface area contributed by atoms with E-state index in [2.05, 4.69) is 13.0 Å². The van der Waals surface area contributed by atoms with Crippen LogP contribution in [0.3, 0.4) is 0 Å². The molecule has 0 fully saturated rings. The Kier molecular flexibility index (Phi) is 4.81.